The summed E-state index contributed by atoms with van der Waals surface area (Å²) in [6.07, 6.45) is 2.63. The first-order valence-corrected chi connectivity index (χ1v) is 10.9. The summed E-state index contributed by atoms with van der Waals surface area (Å²) < 4.78 is 33.1. The molecular weight excluding hydrogens is 402 g/mol. The smallest absolute Gasteiger partial charge is 0.253 e. The fraction of sp³-hybridized carbons (Fsp3) is 0.632. The van der Waals surface area contributed by atoms with Gasteiger partial charge in [-0.2, -0.15) is 0 Å². The highest BCUT2D eigenvalue weighted by Gasteiger charge is 2.25. The minimum atomic E-state index is -3.60. The highest BCUT2D eigenvalue weighted by molar-refractivity contribution is 7.89. The number of hydrogen-bond acceptors (Lipinski definition) is 5. The van der Waals surface area contributed by atoms with Crippen LogP contribution in [0.3, 0.4) is 0 Å². The van der Waals surface area contributed by atoms with E-state index in [-0.39, 0.29) is 29.3 Å². The zero-order valence-corrected chi connectivity index (χ0v) is 18.4. The Morgan fingerprint density at radius 2 is 1.79 bits per heavy atom. The molecule has 0 saturated carbocycles. The molecule has 1 aliphatic rings. The van der Waals surface area contributed by atoms with Crippen LogP contribution in [0.2, 0.25) is 0 Å². The molecule has 28 heavy (non-hydrogen) atoms. The van der Waals surface area contributed by atoms with Gasteiger partial charge in [0.2, 0.25) is 10.0 Å². The van der Waals surface area contributed by atoms with E-state index in [2.05, 4.69) is 4.72 Å². The molecule has 9 heteroatoms. The molecule has 1 heterocycles. The van der Waals surface area contributed by atoms with E-state index in [1.165, 1.54) is 12.1 Å². The van der Waals surface area contributed by atoms with Crippen molar-refractivity contribution in [3.8, 4) is 0 Å². The van der Waals surface area contributed by atoms with Gasteiger partial charge in [0.15, 0.2) is 0 Å². The lowest BCUT2D eigenvalue weighted by atomic mass is 10.1. The molecule has 0 atom stereocenters. The largest absolute Gasteiger partial charge is 0.378 e. The second-order valence-corrected chi connectivity index (χ2v) is 9.57. The van der Waals surface area contributed by atoms with E-state index in [1.807, 2.05) is 0 Å². The third-order valence-corrected chi connectivity index (χ3v) is 6.06. The normalized spacial score (nSPS) is 15.9. The quantitative estimate of drug-likeness (QED) is 0.641. The van der Waals surface area contributed by atoms with E-state index in [4.69, 9.17) is 10.5 Å². The highest BCUT2D eigenvalue weighted by Crippen LogP contribution is 2.18. The van der Waals surface area contributed by atoms with Gasteiger partial charge in [-0.05, 0) is 70.8 Å². The van der Waals surface area contributed by atoms with Gasteiger partial charge in [0.25, 0.3) is 5.91 Å². The number of benzene rings is 1. The van der Waals surface area contributed by atoms with E-state index in [1.54, 1.807) is 37.8 Å². The fourth-order valence-corrected chi connectivity index (χ4v) is 4.40. The van der Waals surface area contributed by atoms with Crippen molar-refractivity contribution in [1.82, 2.24) is 9.62 Å². The number of nitrogens with one attached hydrogen (secondary N) is 1. The number of nitrogens with zero attached hydrogens (tertiary/aromatic N) is 1. The van der Waals surface area contributed by atoms with Crippen molar-refractivity contribution < 1.29 is 17.9 Å². The third kappa shape index (κ3) is 7.33. The van der Waals surface area contributed by atoms with Gasteiger partial charge in [-0.15, -0.1) is 12.4 Å². The Kier molecular flexibility index (Phi) is 9.36. The first-order valence-electron chi connectivity index (χ1n) is 9.37. The summed E-state index contributed by atoms with van der Waals surface area (Å²) in [5, 5.41) is 0. The maximum absolute atomic E-state index is 12.7. The number of rotatable bonds is 7. The first-order chi connectivity index (χ1) is 12.6. The van der Waals surface area contributed by atoms with E-state index in [9.17, 15) is 13.2 Å². The first kappa shape index (κ1) is 24.8. The van der Waals surface area contributed by atoms with Crippen molar-refractivity contribution >= 4 is 28.3 Å². The number of sulfonamides is 1. The number of likely N-dealkylation sites (tertiary alicyclic amines) is 1. The monoisotopic (exact) mass is 433 g/mol. The Hall–Kier alpha value is -1.19. The van der Waals surface area contributed by atoms with Gasteiger partial charge < -0.3 is 15.4 Å². The van der Waals surface area contributed by atoms with Gasteiger partial charge >= 0.3 is 0 Å². The lowest BCUT2D eigenvalue weighted by molar-refractivity contribution is 0.00844. The molecule has 3 N–H and O–H groups in total. The molecule has 0 radical (unpaired) electrons. The molecule has 1 amide bonds. The molecule has 1 fully saturated rings. The maximum atomic E-state index is 12.7. The van der Waals surface area contributed by atoms with Gasteiger partial charge in [-0.3, -0.25) is 4.79 Å². The SMILES string of the molecule is CC(C)(C)NS(=O)(=O)c1ccc(C(=O)N2CCC(OCCCN)CC2)cc1.Cl. The molecule has 1 aromatic rings. The van der Waals surface area contributed by atoms with Crippen LogP contribution in [0.4, 0.5) is 0 Å². The number of halogens is 1. The minimum Gasteiger partial charge on any atom is -0.378 e. The van der Waals surface area contributed by atoms with Crippen LogP contribution in [0.15, 0.2) is 29.2 Å². The summed E-state index contributed by atoms with van der Waals surface area (Å²) in [4.78, 5) is 14.6. The zero-order chi connectivity index (χ0) is 20.1. The average molecular weight is 434 g/mol. The Balaban J connectivity index is 0.00000392. The Morgan fingerprint density at radius 1 is 1.21 bits per heavy atom. The van der Waals surface area contributed by atoms with Crippen LogP contribution in [0.1, 0.15) is 50.4 Å². The zero-order valence-electron chi connectivity index (χ0n) is 16.8. The number of carbonyl (C=O) groups is 1. The predicted molar refractivity (Wildman–Crippen MR) is 112 cm³/mol. The Bertz CT molecular complexity index is 725. The van der Waals surface area contributed by atoms with Crippen molar-refractivity contribution in [2.24, 2.45) is 5.73 Å². The van der Waals surface area contributed by atoms with E-state index in [0.29, 0.717) is 31.8 Å². The van der Waals surface area contributed by atoms with Crippen molar-refractivity contribution in [3.63, 3.8) is 0 Å². The second-order valence-electron chi connectivity index (χ2n) is 7.88. The summed E-state index contributed by atoms with van der Waals surface area (Å²) in [6.45, 7) is 7.90. The van der Waals surface area contributed by atoms with Gasteiger partial charge in [-0.1, -0.05) is 0 Å². The predicted octanol–water partition coefficient (Wildman–Crippen LogP) is 2.16. The molecule has 2 rings (SSSR count). The number of piperidine rings is 1. The minimum absolute atomic E-state index is 0. The van der Waals surface area contributed by atoms with Crippen LogP contribution in [-0.4, -0.2) is 57.1 Å². The molecular formula is C19H32ClN3O4S. The third-order valence-electron chi connectivity index (χ3n) is 4.28. The molecule has 7 nitrogen and oxygen atoms in total. The summed E-state index contributed by atoms with van der Waals surface area (Å²) in [5.41, 5.74) is 5.39. The molecule has 0 aromatic heterocycles. The number of hydrogen-bond donors (Lipinski definition) is 2. The van der Waals surface area contributed by atoms with E-state index >= 15 is 0 Å². The average Bonchev–Trinajstić information content (AvgIpc) is 2.60. The molecule has 0 bridgehead atoms. The standard InChI is InChI=1S/C19H31N3O4S.ClH/c1-19(2,3)21-27(24,25)17-7-5-15(6-8-17)18(23)22-12-9-16(10-13-22)26-14-4-11-20;/h5-8,16,21H,4,9-14,20H2,1-3H3;1H. The summed E-state index contributed by atoms with van der Waals surface area (Å²) in [7, 11) is -3.60. The lowest BCUT2D eigenvalue weighted by Gasteiger charge is -2.32. The topological polar surface area (TPSA) is 102 Å². The van der Waals surface area contributed by atoms with Crippen molar-refractivity contribution in [1.29, 1.82) is 0 Å². The van der Waals surface area contributed by atoms with Crippen LogP contribution in [0, 0.1) is 0 Å². The number of nitrogens with two attached hydrogens (primary N) is 1. The van der Waals surface area contributed by atoms with Crippen molar-refractivity contribution in [2.45, 2.75) is 56.6 Å². The molecule has 1 saturated heterocycles. The molecule has 1 aromatic carbocycles. The van der Waals surface area contributed by atoms with E-state index < -0.39 is 15.6 Å². The maximum Gasteiger partial charge on any atom is 0.253 e. The van der Waals surface area contributed by atoms with Gasteiger partial charge in [0.05, 0.1) is 11.0 Å². The van der Waals surface area contributed by atoms with Crippen molar-refractivity contribution in [3.05, 3.63) is 29.8 Å². The van der Waals surface area contributed by atoms with E-state index in [0.717, 1.165) is 19.3 Å². The fourth-order valence-electron chi connectivity index (χ4n) is 2.98. The molecule has 0 spiro atoms. The molecule has 0 aliphatic carbocycles. The van der Waals surface area contributed by atoms with Gasteiger partial charge in [0, 0.05) is 30.8 Å². The van der Waals surface area contributed by atoms with Crippen LogP contribution in [-0.2, 0) is 14.8 Å². The van der Waals surface area contributed by atoms with Gasteiger partial charge in [-0.25, -0.2) is 13.1 Å². The van der Waals surface area contributed by atoms with Crippen molar-refractivity contribution in [2.75, 3.05) is 26.2 Å². The Labute approximate surface area is 174 Å². The van der Waals surface area contributed by atoms with Crippen LogP contribution in [0.5, 0.6) is 0 Å². The number of carbonyl (C=O) groups excluding carboxylic acids is 1. The summed E-state index contributed by atoms with van der Waals surface area (Å²) in [6, 6.07) is 6.10. The second kappa shape index (κ2) is 10.5. The summed E-state index contributed by atoms with van der Waals surface area (Å²) >= 11 is 0. The molecule has 160 valence electrons. The Morgan fingerprint density at radius 3 is 2.29 bits per heavy atom. The lowest BCUT2D eigenvalue weighted by Crippen LogP contribution is -2.41. The molecule has 1 aliphatic heterocycles. The highest BCUT2D eigenvalue weighted by atomic mass is 35.5. The number of amides is 1. The van der Waals surface area contributed by atoms with Crippen LogP contribution < -0.4 is 10.5 Å². The number of ether oxygens (including phenoxy) is 1. The summed E-state index contributed by atoms with van der Waals surface area (Å²) in [5.74, 6) is -0.0804. The van der Waals surface area contributed by atoms with Crippen LogP contribution >= 0.6 is 12.4 Å². The van der Waals surface area contributed by atoms with Crippen LogP contribution in [0.25, 0.3) is 0 Å². The van der Waals surface area contributed by atoms with Gasteiger partial charge in [0.1, 0.15) is 0 Å². The molecule has 0 unspecified atom stereocenters.